The summed E-state index contributed by atoms with van der Waals surface area (Å²) in [6, 6.07) is 2.10. The molecular formula is C17H26O14. The molecule has 14 nitrogen and oxygen atoms in total. The Morgan fingerprint density at radius 1 is 0.774 bits per heavy atom. The van der Waals surface area contributed by atoms with Crippen LogP contribution in [0, 0.1) is 0 Å². The monoisotopic (exact) mass is 454 g/mol. The third-order valence-corrected chi connectivity index (χ3v) is 5.85. The second kappa shape index (κ2) is 8.27. The average molecular weight is 454 g/mol. The van der Waals surface area contributed by atoms with E-state index in [2.05, 4.69) is 0 Å². The summed E-state index contributed by atoms with van der Waals surface area (Å²) < 4.78 is 15.2. The van der Waals surface area contributed by atoms with Crippen LogP contribution in [0.15, 0.2) is 22.8 Å². The molecule has 0 aromatic carbocycles. The minimum absolute atomic E-state index is 0.823. The van der Waals surface area contributed by atoms with Crippen LogP contribution in [-0.4, -0.2) is 130 Å². The number of aliphatic hydroxyl groups excluding tert-OH is 8. The van der Waals surface area contributed by atoms with Crippen molar-refractivity contribution in [3.8, 4) is 0 Å². The molecule has 1 aromatic rings. The zero-order valence-electron chi connectivity index (χ0n) is 15.9. The highest BCUT2D eigenvalue weighted by Crippen LogP contribution is 2.52. The van der Waals surface area contributed by atoms with E-state index < -0.39 is 85.0 Å². The van der Waals surface area contributed by atoms with Gasteiger partial charge in [-0.2, -0.15) is 0 Å². The Kier molecular flexibility index (Phi) is 6.51. The molecule has 0 radical (unpaired) electrons. The van der Waals surface area contributed by atoms with Gasteiger partial charge in [0, 0.05) is 0 Å². The van der Waals surface area contributed by atoms with Gasteiger partial charge in [0.05, 0.1) is 19.5 Å². The fourth-order valence-electron chi connectivity index (χ4n) is 4.00. The Bertz CT molecular complexity index is 697. The summed E-state index contributed by atoms with van der Waals surface area (Å²) in [5.74, 6) is -7.94. The third kappa shape index (κ3) is 3.24. The van der Waals surface area contributed by atoms with Crippen LogP contribution in [0.2, 0.25) is 0 Å². The van der Waals surface area contributed by atoms with Gasteiger partial charge in [0.2, 0.25) is 17.2 Å². The first kappa shape index (κ1) is 24.4. The highest BCUT2D eigenvalue weighted by atomic mass is 16.7. The fraction of sp³-hybridized carbons (Fsp3) is 0.765. The molecule has 0 aliphatic carbocycles. The molecule has 11 N–H and O–H groups in total. The maximum absolute atomic E-state index is 11.6. The molecule has 10 atom stereocenters. The van der Waals surface area contributed by atoms with Gasteiger partial charge in [0.25, 0.3) is 0 Å². The zero-order chi connectivity index (χ0) is 23.4. The van der Waals surface area contributed by atoms with Gasteiger partial charge in [-0.25, -0.2) is 0 Å². The molecule has 2 saturated heterocycles. The molecule has 14 heteroatoms. The van der Waals surface area contributed by atoms with E-state index in [9.17, 15) is 56.2 Å². The normalized spacial score (nSPS) is 48.4. The Balaban J connectivity index is 2.23. The molecule has 1 aromatic heterocycles. The van der Waals surface area contributed by atoms with Crippen LogP contribution in [-0.2, 0) is 15.1 Å². The van der Waals surface area contributed by atoms with Crippen molar-refractivity contribution in [2.24, 2.45) is 0 Å². The second-order valence-corrected chi connectivity index (χ2v) is 7.61. The van der Waals surface area contributed by atoms with Crippen LogP contribution in [0.3, 0.4) is 0 Å². The van der Waals surface area contributed by atoms with Crippen molar-refractivity contribution in [1.82, 2.24) is 0 Å². The van der Waals surface area contributed by atoms with Crippen molar-refractivity contribution in [3.63, 3.8) is 0 Å². The van der Waals surface area contributed by atoms with E-state index in [-0.39, 0.29) is 0 Å². The van der Waals surface area contributed by atoms with E-state index in [4.69, 9.17) is 13.9 Å². The van der Waals surface area contributed by atoms with E-state index in [0.717, 1.165) is 18.4 Å². The zero-order valence-corrected chi connectivity index (χ0v) is 15.9. The summed E-state index contributed by atoms with van der Waals surface area (Å²) >= 11 is 0. The van der Waals surface area contributed by atoms with Gasteiger partial charge in [-0.05, 0) is 12.1 Å². The number of ether oxygens (including phenoxy) is 2. The standard InChI is InChI=1S/C17H26O14/c18-4-6-9(20)11(22)13(24)16(27,30-6)15(26,8-2-1-3-29-8)17(28)14(25)12(23)10(21)7(5-19)31-17/h1-3,6-7,9-14,18-28H,4-5H2/t6-,7-,9+,10+,11+,12+,13-,14-,16+,17+/m1/s1. The van der Waals surface area contributed by atoms with Crippen molar-refractivity contribution >= 4 is 0 Å². The van der Waals surface area contributed by atoms with Crippen molar-refractivity contribution in [3.05, 3.63) is 24.2 Å². The molecule has 0 saturated carbocycles. The predicted octanol–water partition coefficient (Wildman–Crippen LogP) is -6.21. The van der Waals surface area contributed by atoms with Crippen LogP contribution < -0.4 is 0 Å². The van der Waals surface area contributed by atoms with Gasteiger partial charge in [0.1, 0.15) is 54.6 Å². The molecule has 2 fully saturated rings. The minimum atomic E-state index is -3.59. The molecule has 3 heterocycles. The Labute approximate surface area is 174 Å². The van der Waals surface area contributed by atoms with Gasteiger partial charge >= 0.3 is 0 Å². The largest absolute Gasteiger partial charge is 0.466 e. The molecule has 0 unspecified atom stereocenters. The first-order valence-electron chi connectivity index (χ1n) is 9.27. The van der Waals surface area contributed by atoms with E-state index in [0.29, 0.717) is 0 Å². The fourth-order valence-corrected chi connectivity index (χ4v) is 4.00. The molecule has 2 aliphatic rings. The van der Waals surface area contributed by atoms with E-state index in [1.165, 1.54) is 0 Å². The first-order chi connectivity index (χ1) is 14.4. The number of furan rings is 1. The third-order valence-electron chi connectivity index (χ3n) is 5.85. The first-order valence-corrected chi connectivity index (χ1v) is 9.27. The highest BCUT2D eigenvalue weighted by molar-refractivity contribution is 5.25. The lowest BCUT2D eigenvalue weighted by atomic mass is 9.70. The van der Waals surface area contributed by atoms with Gasteiger partial charge in [-0.15, -0.1) is 0 Å². The summed E-state index contributed by atoms with van der Waals surface area (Å²) in [6.45, 7) is -2.08. The average Bonchev–Trinajstić information content (AvgIpc) is 3.30. The number of aliphatic hydroxyl groups is 11. The van der Waals surface area contributed by atoms with Crippen LogP contribution in [0.5, 0.6) is 0 Å². The van der Waals surface area contributed by atoms with Crippen LogP contribution >= 0.6 is 0 Å². The second-order valence-electron chi connectivity index (χ2n) is 7.61. The van der Waals surface area contributed by atoms with Crippen LogP contribution in [0.25, 0.3) is 0 Å². The van der Waals surface area contributed by atoms with Gasteiger partial charge in [0.15, 0.2) is 0 Å². The van der Waals surface area contributed by atoms with Gasteiger partial charge in [-0.1, -0.05) is 0 Å². The summed E-state index contributed by atoms with van der Waals surface area (Å²) in [5.41, 5.74) is -3.59. The van der Waals surface area contributed by atoms with Gasteiger partial charge in [-0.3, -0.25) is 0 Å². The Morgan fingerprint density at radius 3 is 1.52 bits per heavy atom. The van der Waals surface area contributed by atoms with Gasteiger partial charge < -0.3 is 70.1 Å². The number of hydrogen-bond acceptors (Lipinski definition) is 14. The van der Waals surface area contributed by atoms with Crippen molar-refractivity contribution in [2.45, 2.75) is 66.0 Å². The molecule has 0 amide bonds. The molecule has 3 rings (SSSR count). The molecule has 0 bridgehead atoms. The SMILES string of the molecule is OC[C@H]1O[C@](O)(C(O)(c2ccco2)[C@@]2(O)O[C@H](CO)[C@H](O)[C@H](O)[C@H]2O)[C@H](O)[C@@H](O)[C@H]1O. The number of rotatable bonds is 5. The summed E-state index contributed by atoms with van der Waals surface area (Å²) in [6.07, 6.45) is -16.3. The van der Waals surface area contributed by atoms with Crippen LogP contribution in [0.4, 0.5) is 0 Å². The molecule has 2 aliphatic heterocycles. The Hall–Kier alpha value is -1.24. The van der Waals surface area contributed by atoms with E-state index in [1.54, 1.807) is 0 Å². The van der Waals surface area contributed by atoms with Crippen molar-refractivity contribution in [2.75, 3.05) is 13.2 Å². The van der Waals surface area contributed by atoms with Crippen molar-refractivity contribution in [1.29, 1.82) is 0 Å². The molecule has 178 valence electrons. The molecule has 31 heavy (non-hydrogen) atoms. The number of hydrogen-bond donors (Lipinski definition) is 11. The molecular weight excluding hydrogens is 428 g/mol. The minimum Gasteiger partial charge on any atom is -0.466 e. The topological polar surface area (TPSA) is 254 Å². The maximum Gasteiger partial charge on any atom is 0.238 e. The van der Waals surface area contributed by atoms with Crippen LogP contribution in [0.1, 0.15) is 5.76 Å². The molecule has 0 spiro atoms. The smallest absolute Gasteiger partial charge is 0.238 e. The van der Waals surface area contributed by atoms with Crippen molar-refractivity contribution < 1.29 is 70.1 Å². The Morgan fingerprint density at radius 2 is 1.19 bits per heavy atom. The lowest BCUT2D eigenvalue weighted by Crippen LogP contribution is -2.82. The predicted molar refractivity (Wildman–Crippen MR) is 92.5 cm³/mol. The maximum atomic E-state index is 11.6. The van der Waals surface area contributed by atoms with E-state index >= 15 is 0 Å². The van der Waals surface area contributed by atoms with E-state index in [1.807, 2.05) is 0 Å². The quantitative estimate of drug-likeness (QED) is 0.198. The lowest BCUT2D eigenvalue weighted by molar-refractivity contribution is -0.489. The highest BCUT2D eigenvalue weighted by Gasteiger charge is 2.77. The summed E-state index contributed by atoms with van der Waals surface area (Å²) in [5, 5.41) is 114. The summed E-state index contributed by atoms with van der Waals surface area (Å²) in [7, 11) is 0. The lowest BCUT2D eigenvalue weighted by Gasteiger charge is -2.58. The summed E-state index contributed by atoms with van der Waals surface area (Å²) in [4.78, 5) is 0.